The quantitative estimate of drug-likeness (QED) is 0.921. The van der Waals surface area contributed by atoms with Crippen molar-refractivity contribution in [2.45, 2.75) is 13.8 Å². The number of carbonyl (C=O) groups excluding carboxylic acids is 2. The first kappa shape index (κ1) is 18.1. The van der Waals surface area contributed by atoms with Gasteiger partial charge in [-0.25, -0.2) is 0 Å². The molecule has 136 valence electrons. The van der Waals surface area contributed by atoms with Crippen LogP contribution in [0.5, 0.6) is 0 Å². The number of carbonyl (C=O) groups is 2. The van der Waals surface area contributed by atoms with Crippen LogP contribution < -0.4 is 5.32 Å². The number of nitrogens with zero attached hydrogens (tertiary/aromatic N) is 2. The predicted molar refractivity (Wildman–Crippen MR) is 104 cm³/mol. The van der Waals surface area contributed by atoms with Crippen LogP contribution in [0.25, 0.3) is 0 Å². The molecule has 0 radical (unpaired) electrons. The van der Waals surface area contributed by atoms with Crippen LogP contribution in [0.4, 0.5) is 5.69 Å². The third kappa shape index (κ3) is 4.29. The number of piperazine rings is 1. The minimum Gasteiger partial charge on any atom is -0.336 e. The summed E-state index contributed by atoms with van der Waals surface area (Å²) in [5.74, 6) is -0.218. The van der Waals surface area contributed by atoms with E-state index in [1.54, 1.807) is 24.3 Å². The van der Waals surface area contributed by atoms with Crippen LogP contribution in [-0.4, -0.2) is 54.3 Å². The zero-order chi connectivity index (χ0) is 18.5. The lowest BCUT2D eigenvalue weighted by Crippen LogP contribution is -2.48. The van der Waals surface area contributed by atoms with Crippen LogP contribution in [0.1, 0.15) is 33.2 Å². The molecule has 0 saturated carbocycles. The van der Waals surface area contributed by atoms with E-state index in [9.17, 15) is 9.59 Å². The maximum Gasteiger partial charge on any atom is 0.255 e. The van der Waals surface area contributed by atoms with Crippen molar-refractivity contribution in [3.8, 4) is 0 Å². The van der Waals surface area contributed by atoms with E-state index in [2.05, 4.69) is 17.1 Å². The normalized spacial score (nSPS) is 14.9. The largest absolute Gasteiger partial charge is 0.336 e. The highest BCUT2D eigenvalue weighted by Gasteiger charge is 2.22. The van der Waals surface area contributed by atoms with E-state index in [1.165, 1.54) is 0 Å². The number of rotatable bonds is 4. The van der Waals surface area contributed by atoms with Gasteiger partial charge in [-0.2, -0.15) is 0 Å². The van der Waals surface area contributed by atoms with Gasteiger partial charge in [0.2, 0.25) is 0 Å². The van der Waals surface area contributed by atoms with Crippen LogP contribution in [0.2, 0.25) is 0 Å². The number of aryl methyl sites for hydroxylation is 1. The molecule has 1 aliphatic heterocycles. The molecule has 2 aromatic rings. The van der Waals surface area contributed by atoms with Gasteiger partial charge in [0.1, 0.15) is 0 Å². The lowest BCUT2D eigenvalue weighted by Gasteiger charge is -2.34. The van der Waals surface area contributed by atoms with Crippen molar-refractivity contribution >= 4 is 17.5 Å². The van der Waals surface area contributed by atoms with Crippen molar-refractivity contribution in [2.75, 3.05) is 38.0 Å². The van der Waals surface area contributed by atoms with Crippen LogP contribution in [-0.2, 0) is 0 Å². The maximum absolute atomic E-state index is 12.7. The minimum absolute atomic E-state index is 0.00858. The van der Waals surface area contributed by atoms with Crippen molar-refractivity contribution in [1.82, 2.24) is 9.80 Å². The van der Waals surface area contributed by atoms with Gasteiger partial charge in [0, 0.05) is 43.0 Å². The summed E-state index contributed by atoms with van der Waals surface area (Å²) in [4.78, 5) is 29.4. The van der Waals surface area contributed by atoms with Gasteiger partial charge in [0.05, 0.1) is 0 Å². The summed E-state index contributed by atoms with van der Waals surface area (Å²) >= 11 is 0. The van der Waals surface area contributed by atoms with Gasteiger partial charge in [-0.1, -0.05) is 30.7 Å². The Hall–Kier alpha value is -2.66. The lowest BCUT2D eigenvalue weighted by molar-refractivity contribution is 0.0643. The highest BCUT2D eigenvalue weighted by Crippen LogP contribution is 2.14. The molecule has 3 rings (SSSR count). The van der Waals surface area contributed by atoms with Gasteiger partial charge in [-0.15, -0.1) is 0 Å². The molecule has 0 aromatic heterocycles. The molecule has 1 fully saturated rings. The van der Waals surface area contributed by atoms with E-state index >= 15 is 0 Å². The second kappa shape index (κ2) is 8.15. The zero-order valence-electron chi connectivity index (χ0n) is 15.4. The molecule has 0 aliphatic carbocycles. The van der Waals surface area contributed by atoms with E-state index < -0.39 is 0 Å². The lowest BCUT2D eigenvalue weighted by atomic mass is 10.1. The average Bonchev–Trinajstić information content (AvgIpc) is 2.69. The number of hydrogen-bond donors (Lipinski definition) is 1. The Morgan fingerprint density at radius 2 is 1.62 bits per heavy atom. The first-order chi connectivity index (χ1) is 12.6. The molecule has 2 aromatic carbocycles. The minimum atomic E-state index is -0.209. The van der Waals surface area contributed by atoms with Crippen molar-refractivity contribution in [2.24, 2.45) is 0 Å². The summed E-state index contributed by atoms with van der Waals surface area (Å²) in [5.41, 5.74) is 2.93. The van der Waals surface area contributed by atoms with Gasteiger partial charge in [0.15, 0.2) is 0 Å². The average molecular weight is 351 g/mol. The Kier molecular flexibility index (Phi) is 5.68. The van der Waals surface area contributed by atoms with Gasteiger partial charge in [-0.05, 0) is 43.8 Å². The van der Waals surface area contributed by atoms with Crippen molar-refractivity contribution in [3.63, 3.8) is 0 Å². The molecule has 26 heavy (non-hydrogen) atoms. The topological polar surface area (TPSA) is 52.7 Å². The molecule has 0 spiro atoms. The Bertz CT molecular complexity index is 778. The van der Waals surface area contributed by atoms with Crippen molar-refractivity contribution in [1.29, 1.82) is 0 Å². The van der Waals surface area contributed by atoms with Gasteiger partial charge >= 0.3 is 0 Å². The smallest absolute Gasteiger partial charge is 0.255 e. The van der Waals surface area contributed by atoms with E-state index in [1.807, 2.05) is 36.1 Å². The number of anilines is 1. The first-order valence-corrected chi connectivity index (χ1v) is 9.06. The first-order valence-electron chi connectivity index (χ1n) is 9.06. The molecule has 5 nitrogen and oxygen atoms in total. The second-order valence-corrected chi connectivity index (χ2v) is 6.63. The van der Waals surface area contributed by atoms with E-state index in [-0.39, 0.29) is 11.8 Å². The highest BCUT2D eigenvalue weighted by molar-refractivity contribution is 6.06. The molecule has 1 aliphatic rings. The fraction of sp³-hybridized carbons (Fsp3) is 0.333. The number of likely N-dealkylation sites (N-methyl/N-ethyl adjacent to an activating group) is 1. The molecule has 2 amide bonds. The molecule has 0 unspecified atom stereocenters. The van der Waals surface area contributed by atoms with Crippen LogP contribution in [0, 0.1) is 6.92 Å². The zero-order valence-corrected chi connectivity index (χ0v) is 15.4. The molecular formula is C21H25N3O2. The number of nitrogens with one attached hydrogen (secondary N) is 1. The summed E-state index contributed by atoms with van der Waals surface area (Å²) < 4.78 is 0. The molecular weight excluding hydrogens is 326 g/mol. The Labute approximate surface area is 154 Å². The Balaban J connectivity index is 1.68. The summed E-state index contributed by atoms with van der Waals surface area (Å²) in [7, 11) is 0. The standard InChI is InChI=1S/C21H25N3O2/c1-3-23-11-13-24(14-12-23)21(26)18-6-4-5-17(15-18)20(25)22-19-9-7-16(2)8-10-19/h4-10,15H,3,11-14H2,1-2H3,(H,22,25). The molecule has 1 heterocycles. The summed E-state index contributed by atoms with van der Waals surface area (Å²) in [6.07, 6.45) is 0. The summed E-state index contributed by atoms with van der Waals surface area (Å²) in [5, 5.41) is 2.87. The number of amides is 2. The third-order valence-electron chi connectivity index (χ3n) is 4.79. The fourth-order valence-corrected chi connectivity index (χ4v) is 3.08. The highest BCUT2D eigenvalue weighted by atomic mass is 16.2. The Morgan fingerprint density at radius 3 is 2.27 bits per heavy atom. The van der Waals surface area contributed by atoms with Gasteiger partial charge < -0.3 is 15.1 Å². The number of hydrogen-bond acceptors (Lipinski definition) is 3. The predicted octanol–water partition coefficient (Wildman–Crippen LogP) is 3.03. The van der Waals surface area contributed by atoms with Crippen LogP contribution in [0.3, 0.4) is 0 Å². The fourth-order valence-electron chi connectivity index (χ4n) is 3.08. The molecule has 0 bridgehead atoms. The molecule has 1 N–H and O–H groups in total. The summed E-state index contributed by atoms with van der Waals surface area (Å²) in [6, 6.07) is 14.6. The van der Waals surface area contributed by atoms with Crippen molar-refractivity contribution < 1.29 is 9.59 Å². The van der Waals surface area contributed by atoms with Crippen molar-refractivity contribution in [3.05, 3.63) is 65.2 Å². The van der Waals surface area contributed by atoms with Gasteiger partial charge in [-0.3, -0.25) is 9.59 Å². The SMILES string of the molecule is CCN1CCN(C(=O)c2cccc(C(=O)Nc3ccc(C)cc3)c2)CC1. The molecule has 0 atom stereocenters. The third-order valence-corrected chi connectivity index (χ3v) is 4.79. The van der Waals surface area contributed by atoms with E-state index in [0.717, 1.165) is 44.0 Å². The second-order valence-electron chi connectivity index (χ2n) is 6.63. The Morgan fingerprint density at radius 1 is 0.962 bits per heavy atom. The number of benzene rings is 2. The van der Waals surface area contributed by atoms with Crippen LogP contribution >= 0.6 is 0 Å². The van der Waals surface area contributed by atoms with E-state index in [4.69, 9.17) is 0 Å². The van der Waals surface area contributed by atoms with E-state index in [0.29, 0.717) is 11.1 Å². The summed E-state index contributed by atoms with van der Waals surface area (Å²) in [6.45, 7) is 8.40. The molecule has 5 heteroatoms. The van der Waals surface area contributed by atoms with Gasteiger partial charge in [0.25, 0.3) is 11.8 Å². The van der Waals surface area contributed by atoms with Crippen LogP contribution in [0.15, 0.2) is 48.5 Å². The monoisotopic (exact) mass is 351 g/mol. The maximum atomic E-state index is 12.7. The molecule has 1 saturated heterocycles.